The Kier molecular flexibility index (Phi) is 2.93. The molecular weight excluding hydrogens is 276 g/mol. The van der Waals surface area contributed by atoms with Crippen molar-refractivity contribution in [2.24, 2.45) is 0 Å². The first-order valence-electron chi connectivity index (χ1n) is 4.26. The topological polar surface area (TPSA) is 42.9 Å². The summed E-state index contributed by atoms with van der Waals surface area (Å²) in [5, 5.41) is 0.757. The maximum atomic E-state index is 11.1. The maximum Gasteiger partial charge on any atom is 0.171 e. The zero-order valence-corrected chi connectivity index (χ0v) is 10.3. The first-order valence-corrected chi connectivity index (χ1v) is 5.87. The molecule has 2 heterocycles. The van der Waals surface area contributed by atoms with Gasteiger partial charge >= 0.3 is 0 Å². The van der Waals surface area contributed by atoms with E-state index in [4.69, 9.17) is 0 Å². The van der Waals surface area contributed by atoms with Crippen LogP contribution in [0.1, 0.15) is 16.6 Å². The lowest BCUT2D eigenvalue weighted by atomic mass is 10.4. The average molecular weight is 283 g/mol. The zero-order valence-electron chi connectivity index (χ0n) is 7.90. The number of carbonyl (C=O) groups is 1. The molecule has 0 radical (unpaired) electrons. The fraction of sp³-hybridized carbons (Fsp3) is 0.100. The minimum Gasteiger partial charge on any atom is -0.294 e. The van der Waals surface area contributed by atoms with Crippen molar-refractivity contribution in [1.29, 1.82) is 0 Å². The number of Topliss-reactive ketones (excluding diaryl/α,β-unsaturated/α-hetero) is 1. The molecule has 0 aliphatic carbocycles. The Bertz CT molecular complexity index is 510. The molecule has 2 aromatic rings. The first kappa shape index (κ1) is 10.4. The summed E-state index contributed by atoms with van der Waals surface area (Å²) in [5.41, 5.74) is 0.773. The summed E-state index contributed by atoms with van der Waals surface area (Å²) < 4.78 is 0.884. The second kappa shape index (κ2) is 4.20. The van der Waals surface area contributed by atoms with Gasteiger partial charge in [-0.25, -0.2) is 4.98 Å². The Hall–Kier alpha value is -1.07. The Morgan fingerprint density at radius 3 is 2.87 bits per heavy atom. The molecule has 0 unspecified atom stereocenters. The van der Waals surface area contributed by atoms with Crippen molar-refractivity contribution >= 4 is 33.0 Å². The molecule has 0 saturated heterocycles. The van der Waals surface area contributed by atoms with Crippen molar-refractivity contribution in [3.63, 3.8) is 0 Å². The van der Waals surface area contributed by atoms with Crippen LogP contribution in [0.3, 0.4) is 0 Å². The van der Waals surface area contributed by atoms with E-state index in [1.165, 1.54) is 18.3 Å². The molecule has 0 atom stereocenters. The van der Waals surface area contributed by atoms with E-state index in [-0.39, 0.29) is 5.78 Å². The maximum absolute atomic E-state index is 11.1. The highest BCUT2D eigenvalue weighted by Crippen LogP contribution is 2.29. The van der Waals surface area contributed by atoms with Crippen LogP contribution in [0, 0.1) is 0 Å². The second-order valence-electron chi connectivity index (χ2n) is 2.92. The summed E-state index contributed by atoms with van der Waals surface area (Å²) in [4.78, 5) is 20.2. The number of carbonyl (C=O) groups excluding carboxylic acids is 1. The Morgan fingerprint density at radius 2 is 2.27 bits per heavy atom. The van der Waals surface area contributed by atoms with Gasteiger partial charge < -0.3 is 0 Å². The van der Waals surface area contributed by atoms with Crippen LogP contribution in [0.4, 0.5) is 0 Å². The lowest BCUT2D eigenvalue weighted by Gasteiger charge is -1.96. The van der Waals surface area contributed by atoms with E-state index in [1.54, 1.807) is 12.4 Å². The first-order chi connectivity index (χ1) is 7.18. The van der Waals surface area contributed by atoms with Gasteiger partial charge in [-0.15, -0.1) is 11.3 Å². The van der Waals surface area contributed by atoms with Gasteiger partial charge in [-0.05, 0) is 28.1 Å². The monoisotopic (exact) mass is 282 g/mol. The summed E-state index contributed by atoms with van der Waals surface area (Å²) in [7, 11) is 0. The summed E-state index contributed by atoms with van der Waals surface area (Å²) in [6.45, 7) is 1.53. The number of thiazole rings is 1. The van der Waals surface area contributed by atoms with Crippen LogP contribution in [0.25, 0.3) is 10.7 Å². The van der Waals surface area contributed by atoms with Crippen LogP contribution in [0.15, 0.2) is 29.0 Å². The minimum atomic E-state index is 0.0332. The SMILES string of the molecule is CC(=O)c1cnc(-c2ncccc2Br)s1. The fourth-order valence-electron chi connectivity index (χ4n) is 1.09. The highest BCUT2D eigenvalue weighted by molar-refractivity contribution is 9.10. The van der Waals surface area contributed by atoms with Crippen molar-refractivity contribution in [3.8, 4) is 10.7 Å². The number of pyridine rings is 1. The van der Waals surface area contributed by atoms with Gasteiger partial charge in [-0.1, -0.05) is 0 Å². The van der Waals surface area contributed by atoms with E-state index in [2.05, 4.69) is 25.9 Å². The zero-order chi connectivity index (χ0) is 10.8. The molecule has 0 spiro atoms. The lowest BCUT2D eigenvalue weighted by Crippen LogP contribution is -1.83. The van der Waals surface area contributed by atoms with Crippen LogP contribution < -0.4 is 0 Å². The van der Waals surface area contributed by atoms with E-state index in [9.17, 15) is 4.79 Å². The summed E-state index contributed by atoms with van der Waals surface area (Å²) >= 11 is 4.75. The number of ketones is 1. The Morgan fingerprint density at radius 1 is 1.47 bits per heavy atom. The van der Waals surface area contributed by atoms with E-state index < -0.39 is 0 Å². The van der Waals surface area contributed by atoms with Gasteiger partial charge in [0.1, 0.15) is 10.7 Å². The quantitative estimate of drug-likeness (QED) is 0.795. The van der Waals surface area contributed by atoms with Gasteiger partial charge in [-0.3, -0.25) is 9.78 Å². The normalized spacial score (nSPS) is 10.3. The van der Waals surface area contributed by atoms with Gasteiger partial charge in [0.05, 0.1) is 4.88 Å². The number of halogens is 1. The molecule has 0 aliphatic heterocycles. The van der Waals surface area contributed by atoms with Gasteiger partial charge in [0.25, 0.3) is 0 Å². The second-order valence-corrected chi connectivity index (χ2v) is 4.80. The molecule has 2 aromatic heterocycles. The third kappa shape index (κ3) is 2.13. The molecule has 0 saturated carbocycles. The molecule has 3 nitrogen and oxygen atoms in total. The molecule has 15 heavy (non-hydrogen) atoms. The number of aromatic nitrogens is 2. The third-order valence-electron chi connectivity index (χ3n) is 1.81. The molecule has 0 bridgehead atoms. The Balaban J connectivity index is 2.46. The van der Waals surface area contributed by atoms with Crippen molar-refractivity contribution in [2.75, 3.05) is 0 Å². The molecule has 0 N–H and O–H groups in total. The van der Waals surface area contributed by atoms with Crippen LogP contribution in [0.2, 0.25) is 0 Å². The standard InChI is InChI=1S/C10H7BrN2OS/c1-6(14)8-5-13-10(15-8)9-7(11)3-2-4-12-9/h2-5H,1H3. The van der Waals surface area contributed by atoms with Gasteiger partial charge in [0, 0.05) is 23.8 Å². The Labute approximate surface area is 99.3 Å². The van der Waals surface area contributed by atoms with Crippen molar-refractivity contribution < 1.29 is 4.79 Å². The van der Waals surface area contributed by atoms with E-state index in [0.29, 0.717) is 4.88 Å². The molecular formula is C10H7BrN2OS. The number of hydrogen-bond acceptors (Lipinski definition) is 4. The molecule has 76 valence electrons. The van der Waals surface area contributed by atoms with Crippen molar-refractivity contribution in [3.05, 3.63) is 33.9 Å². The van der Waals surface area contributed by atoms with Crippen LogP contribution in [-0.4, -0.2) is 15.8 Å². The van der Waals surface area contributed by atoms with Crippen molar-refractivity contribution in [1.82, 2.24) is 9.97 Å². The smallest absolute Gasteiger partial charge is 0.171 e. The lowest BCUT2D eigenvalue weighted by molar-refractivity contribution is 0.102. The number of nitrogens with zero attached hydrogens (tertiary/aromatic N) is 2. The predicted octanol–water partition coefficient (Wildman–Crippen LogP) is 3.17. The third-order valence-corrected chi connectivity index (χ3v) is 3.56. The molecule has 0 aliphatic rings. The van der Waals surface area contributed by atoms with Crippen LogP contribution >= 0.6 is 27.3 Å². The van der Waals surface area contributed by atoms with Gasteiger partial charge in [0.15, 0.2) is 5.78 Å². The highest BCUT2D eigenvalue weighted by Gasteiger charge is 2.10. The van der Waals surface area contributed by atoms with E-state index in [1.807, 2.05) is 12.1 Å². The molecule has 0 aromatic carbocycles. The number of hydrogen-bond donors (Lipinski definition) is 0. The number of rotatable bonds is 2. The summed E-state index contributed by atoms with van der Waals surface area (Å²) in [5.74, 6) is 0.0332. The van der Waals surface area contributed by atoms with E-state index in [0.717, 1.165) is 15.2 Å². The molecule has 2 rings (SSSR count). The van der Waals surface area contributed by atoms with Crippen LogP contribution in [0.5, 0.6) is 0 Å². The summed E-state index contributed by atoms with van der Waals surface area (Å²) in [6, 6.07) is 3.74. The van der Waals surface area contributed by atoms with Crippen molar-refractivity contribution in [2.45, 2.75) is 6.92 Å². The van der Waals surface area contributed by atoms with Gasteiger partial charge in [-0.2, -0.15) is 0 Å². The highest BCUT2D eigenvalue weighted by atomic mass is 79.9. The average Bonchev–Trinajstić information content (AvgIpc) is 2.67. The molecule has 5 heteroatoms. The predicted molar refractivity (Wildman–Crippen MR) is 63.0 cm³/mol. The van der Waals surface area contributed by atoms with Gasteiger partial charge in [0.2, 0.25) is 0 Å². The minimum absolute atomic E-state index is 0.0332. The fourth-order valence-corrected chi connectivity index (χ4v) is 2.49. The molecule has 0 fully saturated rings. The largest absolute Gasteiger partial charge is 0.294 e. The molecule has 0 amide bonds. The summed E-state index contributed by atoms with van der Waals surface area (Å²) in [6.07, 6.45) is 3.29. The van der Waals surface area contributed by atoms with Crippen LogP contribution in [-0.2, 0) is 0 Å². The van der Waals surface area contributed by atoms with E-state index >= 15 is 0 Å².